The van der Waals surface area contributed by atoms with Crippen molar-refractivity contribution in [3.63, 3.8) is 0 Å². The number of allylic oxidation sites excluding steroid dienone is 1. The van der Waals surface area contributed by atoms with Gasteiger partial charge >= 0.3 is 0 Å². The molecule has 0 aromatic rings. The van der Waals surface area contributed by atoms with E-state index in [0.717, 1.165) is 6.61 Å². The van der Waals surface area contributed by atoms with E-state index in [-0.39, 0.29) is 5.60 Å². The molecule has 64 valence electrons. The molecule has 0 amide bonds. The van der Waals surface area contributed by atoms with Crippen LogP contribution < -0.4 is 0 Å². The maximum Gasteiger partial charge on any atom is 0.0836 e. The van der Waals surface area contributed by atoms with Crippen molar-refractivity contribution < 1.29 is 4.74 Å². The summed E-state index contributed by atoms with van der Waals surface area (Å²) in [6.07, 6.45) is 5.96. The first-order valence-electron chi connectivity index (χ1n) is 4.42. The van der Waals surface area contributed by atoms with Crippen LogP contribution in [-0.2, 0) is 4.74 Å². The van der Waals surface area contributed by atoms with E-state index >= 15 is 0 Å². The van der Waals surface area contributed by atoms with Gasteiger partial charge in [-0.15, -0.1) is 0 Å². The fourth-order valence-corrected chi connectivity index (χ4v) is 1.68. The van der Waals surface area contributed by atoms with Crippen LogP contribution in [0.5, 0.6) is 0 Å². The van der Waals surface area contributed by atoms with Gasteiger partial charge in [0.15, 0.2) is 0 Å². The molecular formula is C10H18O. The molecule has 0 saturated carbocycles. The van der Waals surface area contributed by atoms with Gasteiger partial charge in [0.2, 0.25) is 0 Å². The summed E-state index contributed by atoms with van der Waals surface area (Å²) in [5.41, 5.74) is 1.39. The van der Waals surface area contributed by atoms with Crippen molar-refractivity contribution in [2.75, 3.05) is 6.61 Å². The summed E-state index contributed by atoms with van der Waals surface area (Å²) in [5, 5.41) is 0. The van der Waals surface area contributed by atoms with Crippen molar-refractivity contribution in [3.8, 4) is 0 Å². The third-order valence-corrected chi connectivity index (χ3v) is 2.09. The Hall–Kier alpha value is -0.300. The molecule has 0 aromatic carbocycles. The van der Waals surface area contributed by atoms with Gasteiger partial charge in [-0.3, -0.25) is 0 Å². The monoisotopic (exact) mass is 154 g/mol. The normalized spacial score (nSPS) is 31.5. The molecule has 0 bridgehead atoms. The molecule has 1 rings (SSSR count). The first-order valence-corrected chi connectivity index (χ1v) is 4.42. The lowest BCUT2D eigenvalue weighted by Crippen LogP contribution is -2.30. The zero-order chi connectivity index (χ0) is 8.32. The van der Waals surface area contributed by atoms with Gasteiger partial charge in [0.1, 0.15) is 0 Å². The van der Waals surface area contributed by atoms with Gasteiger partial charge in [0, 0.05) is 6.61 Å². The second kappa shape index (κ2) is 3.40. The van der Waals surface area contributed by atoms with E-state index in [9.17, 15) is 0 Å². The van der Waals surface area contributed by atoms with Crippen LogP contribution >= 0.6 is 0 Å². The molecule has 11 heavy (non-hydrogen) atoms. The molecule has 1 unspecified atom stereocenters. The maximum atomic E-state index is 5.70. The second-order valence-electron chi connectivity index (χ2n) is 3.84. The fourth-order valence-electron chi connectivity index (χ4n) is 1.68. The Morgan fingerprint density at radius 1 is 1.36 bits per heavy atom. The lowest BCUT2D eigenvalue weighted by molar-refractivity contribution is -0.0301. The average Bonchev–Trinajstić information content (AvgIpc) is 1.85. The van der Waals surface area contributed by atoms with Crippen molar-refractivity contribution in [1.82, 2.24) is 0 Å². The highest BCUT2D eigenvalue weighted by molar-refractivity contribution is 5.06. The second-order valence-corrected chi connectivity index (χ2v) is 3.84. The maximum absolute atomic E-state index is 5.70. The number of rotatable bonds is 1. The van der Waals surface area contributed by atoms with Gasteiger partial charge < -0.3 is 4.74 Å². The van der Waals surface area contributed by atoms with E-state index in [0.29, 0.717) is 0 Å². The zero-order valence-electron chi connectivity index (χ0n) is 7.81. The molecule has 0 aromatic heterocycles. The molecule has 1 aliphatic heterocycles. The highest BCUT2D eigenvalue weighted by Crippen LogP contribution is 2.26. The number of ether oxygens (including phenoxy) is 1. The molecule has 0 radical (unpaired) electrons. The Balaban J connectivity index is 2.57. The molecule has 0 spiro atoms. The van der Waals surface area contributed by atoms with Crippen LogP contribution in [0.15, 0.2) is 11.6 Å². The number of hydrogen-bond acceptors (Lipinski definition) is 1. The minimum absolute atomic E-state index is 0.0388. The molecule has 1 nitrogen and oxygen atoms in total. The first-order chi connectivity index (χ1) is 5.12. The lowest BCUT2D eigenvalue weighted by atomic mass is 9.94. The summed E-state index contributed by atoms with van der Waals surface area (Å²) >= 11 is 0. The predicted molar refractivity (Wildman–Crippen MR) is 47.6 cm³/mol. The molecule has 0 aliphatic carbocycles. The Bertz CT molecular complexity index is 148. The van der Waals surface area contributed by atoms with Gasteiger partial charge in [-0.05, 0) is 40.0 Å². The highest BCUT2D eigenvalue weighted by atomic mass is 16.5. The van der Waals surface area contributed by atoms with E-state index < -0.39 is 0 Å². The molecule has 1 fully saturated rings. The van der Waals surface area contributed by atoms with Crippen LogP contribution in [0.2, 0.25) is 0 Å². The molecule has 1 saturated heterocycles. The van der Waals surface area contributed by atoms with Crippen LogP contribution in [0.3, 0.4) is 0 Å². The minimum atomic E-state index is 0.0388. The van der Waals surface area contributed by atoms with Crippen LogP contribution in [0.25, 0.3) is 0 Å². The summed E-state index contributed by atoms with van der Waals surface area (Å²) in [5.74, 6) is 0. The molecule has 1 heterocycles. The average molecular weight is 154 g/mol. The van der Waals surface area contributed by atoms with Crippen molar-refractivity contribution in [1.29, 1.82) is 0 Å². The Morgan fingerprint density at radius 3 is 2.55 bits per heavy atom. The van der Waals surface area contributed by atoms with Crippen LogP contribution in [-0.4, -0.2) is 12.2 Å². The van der Waals surface area contributed by atoms with Gasteiger partial charge in [-0.25, -0.2) is 0 Å². The molecule has 0 N–H and O–H groups in total. The lowest BCUT2D eigenvalue weighted by Gasteiger charge is -2.31. The van der Waals surface area contributed by atoms with Gasteiger partial charge in [-0.1, -0.05) is 11.6 Å². The van der Waals surface area contributed by atoms with Crippen LogP contribution in [0.1, 0.15) is 40.0 Å². The molecule has 1 atom stereocenters. The van der Waals surface area contributed by atoms with E-state index in [1.807, 2.05) is 0 Å². The number of hydrogen-bond donors (Lipinski definition) is 0. The Kier molecular flexibility index (Phi) is 2.72. The molecule has 1 heteroatoms. The third-order valence-electron chi connectivity index (χ3n) is 2.09. The minimum Gasteiger partial charge on any atom is -0.371 e. The predicted octanol–water partition coefficient (Wildman–Crippen LogP) is 2.91. The highest BCUT2D eigenvalue weighted by Gasteiger charge is 2.24. The van der Waals surface area contributed by atoms with Crippen molar-refractivity contribution in [3.05, 3.63) is 11.6 Å². The van der Waals surface area contributed by atoms with Crippen LogP contribution in [0.4, 0.5) is 0 Å². The SMILES string of the molecule is CC(C)=CC1(C)CCCCO1. The fraction of sp³-hybridized carbons (Fsp3) is 0.800. The standard InChI is InChI=1S/C10H18O/c1-9(2)8-10(3)6-4-5-7-11-10/h8H,4-7H2,1-3H3. The van der Waals surface area contributed by atoms with E-state index in [1.54, 1.807) is 0 Å². The zero-order valence-corrected chi connectivity index (χ0v) is 7.81. The van der Waals surface area contributed by atoms with Crippen molar-refractivity contribution in [2.45, 2.75) is 45.6 Å². The topological polar surface area (TPSA) is 9.23 Å². The summed E-state index contributed by atoms with van der Waals surface area (Å²) in [6, 6.07) is 0. The summed E-state index contributed by atoms with van der Waals surface area (Å²) in [7, 11) is 0. The third kappa shape index (κ3) is 2.66. The van der Waals surface area contributed by atoms with Crippen molar-refractivity contribution >= 4 is 0 Å². The van der Waals surface area contributed by atoms with Gasteiger partial charge in [0.05, 0.1) is 5.60 Å². The van der Waals surface area contributed by atoms with E-state index in [2.05, 4.69) is 26.8 Å². The summed E-state index contributed by atoms with van der Waals surface area (Å²) < 4.78 is 5.70. The van der Waals surface area contributed by atoms with E-state index in [1.165, 1.54) is 24.8 Å². The first kappa shape index (κ1) is 8.79. The molecule has 1 aliphatic rings. The Morgan fingerprint density at radius 2 is 2.09 bits per heavy atom. The summed E-state index contributed by atoms with van der Waals surface area (Å²) in [6.45, 7) is 7.37. The van der Waals surface area contributed by atoms with Crippen LogP contribution in [0, 0.1) is 0 Å². The smallest absolute Gasteiger partial charge is 0.0836 e. The quantitative estimate of drug-likeness (QED) is 0.528. The van der Waals surface area contributed by atoms with E-state index in [4.69, 9.17) is 4.74 Å². The summed E-state index contributed by atoms with van der Waals surface area (Å²) in [4.78, 5) is 0. The van der Waals surface area contributed by atoms with Gasteiger partial charge in [-0.2, -0.15) is 0 Å². The Labute approximate surface area is 69.4 Å². The van der Waals surface area contributed by atoms with Crippen molar-refractivity contribution in [2.24, 2.45) is 0 Å². The largest absolute Gasteiger partial charge is 0.371 e. The van der Waals surface area contributed by atoms with Gasteiger partial charge in [0.25, 0.3) is 0 Å². The molecular weight excluding hydrogens is 136 g/mol.